The van der Waals surface area contributed by atoms with Gasteiger partial charge in [-0.3, -0.25) is 9.89 Å². The number of hydrogen-bond donors (Lipinski definition) is 2. The molecule has 1 aromatic heterocycles. The summed E-state index contributed by atoms with van der Waals surface area (Å²) in [7, 11) is 0. The summed E-state index contributed by atoms with van der Waals surface area (Å²) in [6.45, 7) is 4.16. The maximum atomic E-state index is 12.8. The van der Waals surface area contributed by atoms with Crippen molar-refractivity contribution in [3.63, 3.8) is 0 Å². The Kier molecular flexibility index (Phi) is 5.30. The highest BCUT2D eigenvalue weighted by molar-refractivity contribution is 5.94. The Labute approximate surface area is 142 Å². The molecule has 0 saturated heterocycles. The van der Waals surface area contributed by atoms with Gasteiger partial charge in [0.2, 0.25) is 0 Å². The van der Waals surface area contributed by atoms with Crippen LogP contribution in [0.3, 0.4) is 0 Å². The zero-order valence-corrected chi connectivity index (χ0v) is 14.3. The normalized spacial score (nSPS) is 16.5. The summed E-state index contributed by atoms with van der Waals surface area (Å²) in [6.07, 6.45) is 3.95. The topological polar surface area (TPSA) is 67.0 Å². The third kappa shape index (κ3) is 4.03. The lowest BCUT2D eigenvalue weighted by atomic mass is 10.1. The van der Waals surface area contributed by atoms with E-state index in [0.717, 1.165) is 24.1 Å². The van der Waals surface area contributed by atoms with E-state index < -0.39 is 6.10 Å². The van der Waals surface area contributed by atoms with Gasteiger partial charge in [0.25, 0.3) is 5.91 Å². The maximum Gasteiger partial charge on any atom is 0.259 e. The average Bonchev–Trinajstić information content (AvgIpc) is 3.25. The molecule has 5 heteroatoms. The standard InChI is InChI=1S/C19H25N3O2/c1-13(2)16-12-17(22-21-16)20-19(23)18(14-8-4-3-5-9-14)24-15-10-6-7-11-15/h3-5,8-9,12-13,15,18H,6-7,10-11H2,1-2H3,(H2,20,21,22,23)/t18-/m1/s1. The van der Waals surface area contributed by atoms with E-state index in [0.29, 0.717) is 11.7 Å². The largest absolute Gasteiger partial charge is 0.360 e. The highest BCUT2D eigenvalue weighted by Crippen LogP contribution is 2.29. The first-order valence-electron chi connectivity index (χ1n) is 8.70. The van der Waals surface area contributed by atoms with Gasteiger partial charge in [-0.2, -0.15) is 5.10 Å². The Morgan fingerprint density at radius 1 is 1.25 bits per heavy atom. The lowest BCUT2D eigenvalue weighted by Crippen LogP contribution is -2.26. The molecule has 2 N–H and O–H groups in total. The van der Waals surface area contributed by atoms with Crippen molar-refractivity contribution in [2.45, 2.75) is 57.7 Å². The molecule has 5 nitrogen and oxygen atoms in total. The lowest BCUT2D eigenvalue weighted by Gasteiger charge is -2.21. The Bertz CT molecular complexity index is 660. The number of benzene rings is 1. The molecule has 0 radical (unpaired) electrons. The van der Waals surface area contributed by atoms with Crippen molar-refractivity contribution in [1.82, 2.24) is 10.2 Å². The van der Waals surface area contributed by atoms with Crippen LogP contribution in [0.25, 0.3) is 0 Å². The van der Waals surface area contributed by atoms with Crippen LogP contribution in [0.2, 0.25) is 0 Å². The summed E-state index contributed by atoms with van der Waals surface area (Å²) in [5.41, 5.74) is 1.87. The monoisotopic (exact) mass is 327 g/mol. The molecule has 1 saturated carbocycles. The van der Waals surface area contributed by atoms with Crippen molar-refractivity contribution in [3.8, 4) is 0 Å². The molecule has 1 amide bonds. The summed E-state index contributed by atoms with van der Waals surface area (Å²) >= 11 is 0. The molecule has 1 heterocycles. The van der Waals surface area contributed by atoms with Crippen LogP contribution in [-0.2, 0) is 9.53 Å². The SMILES string of the molecule is CC(C)c1cc(NC(=O)[C@H](OC2CCCC2)c2ccccc2)n[nH]1. The first-order chi connectivity index (χ1) is 11.6. The number of aromatic nitrogens is 2. The van der Waals surface area contributed by atoms with Gasteiger partial charge in [-0.25, -0.2) is 0 Å². The number of hydrogen-bond acceptors (Lipinski definition) is 3. The molecular formula is C19H25N3O2. The van der Waals surface area contributed by atoms with Gasteiger partial charge in [-0.05, 0) is 24.3 Å². The molecular weight excluding hydrogens is 302 g/mol. The van der Waals surface area contributed by atoms with E-state index in [2.05, 4.69) is 29.4 Å². The quantitative estimate of drug-likeness (QED) is 0.836. The van der Waals surface area contributed by atoms with E-state index in [1.807, 2.05) is 36.4 Å². The van der Waals surface area contributed by atoms with Crippen molar-refractivity contribution in [3.05, 3.63) is 47.7 Å². The van der Waals surface area contributed by atoms with Crippen LogP contribution >= 0.6 is 0 Å². The van der Waals surface area contributed by atoms with Crippen LogP contribution < -0.4 is 5.32 Å². The Morgan fingerprint density at radius 3 is 2.58 bits per heavy atom. The fraction of sp³-hybridized carbons (Fsp3) is 0.474. The van der Waals surface area contributed by atoms with Crippen LogP contribution in [-0.4, -0.2) is 22.2 Å². The van der Waals surface area contributed by atoms with Gasteiger partial charge >= 0.3 is 0 Å². The molecule has 0 aliphatic heterocycles. The molecule has 3 rings (SSSR count). The molecule has 1 aromatic carbocycles. The Balaban J connectivity index is 1.74. The molecule has 1 aliphatic carbocycles. The maximum absolute atomic E-state index is 12.8. The summed E-state index contributed by atoms with van der Waals surface area (Å²) in [4.78, 5) is 12.8. The van der Waals surface area contributed by atoms with Gasteiger partial charge in [0.1, 0.15) is 0 Å². The van der Waals surface area contributed by atoms with Gasteiger partial charge in [0.05, 0.1) is 6.10 Å². The van der Waals surface area contributed by atoms with Gasteiger partial charge in [-0.15, -0.1) is 0 Å². The predicted molar refractivity (Wildman–Crippen MR) is 93.8 cm³/mol. The summed E-state index contributed by atoms with van der Waals surface area (Å²) in [6, 6.07) is 11.5. The van der Waals surface area contributed by atoms with Crippen molar-refractivity contribution in [2.75, 3.05) is 5.32 Å². The highest BCUT2D eigenvalue weighted by Gasteiger charge is 2.27. The van der Waals surface area contributed by atoms with Crippen LogP contribution in [0.4, 0.5) is 5.82 Å². The molecule has 2 aromatic rings. The second-order valence-electron chi connectivity index (χ2n) is 6.69. The first kappa shape index (κ1) is 16.7. The van der Waals surface area contributed by atoms with Crippen LogP contribution in [0.5, 0.6) is 0 Å². The minimum Gasteiger partial charge on any atom is -0.360 e. The van der Waals surface area contributed by atoms with Gasteiger partial charge in [0.15, 0.2) is 11.9 Å². The summed E-state index contributed by atoms with van der Waals surface area (Å²) < 4.78 is 6.14. The number of carbonyl (C=O) groups is 1. The highest BCUT2D eigenvalue weighted by atomic mass is 16.5. The second kappa shape index (κ2) is 7.62. The smallest absolute Gasteiger partial charge is 0.259 e. The number of anilines is 1. The average molecular weight is 327 g/mol. The van der Waals surface area contributed by atoms with E-state index in [-0.39, 0.29) is 12.0 Å². The third-order valence-electron chi connectivity index (χ3n) is 4.44. The molecule has 1 aliphatic rings. The zero-order valence-electron chi connectivity index (χ0n) is 14.3. The molecule has 0 bridgehead atoms. The number of amides is 1. The van der Waals surface area contributed by atoms with Gasteiger partial charge in [0, 0.05) is 11.8 Å². The van der Waals surface area contributed by atoms with Gasteiger partial charge in [-0.1, -0.05) is 57.0 Å². The van der Waals surface area contributed by atoms with Gasteiger partial charge < -0.3 is 10.1 Å². The minimum absolute atomic E-state index is 0.159. The van der Waals surface area contributed by atoms with E-state index in [1.165, 1.54) is 12.8 Å². The number of ether oxygens (including phenoxy) is 1. The second-order valence-corrected chi connectivity index (χ2v) is 6.69. The first-order valence-corrected chi connectivity index (χ1v) is 8.70. The van der Waals surface area contributed by atoms with Crippen molar-refractivity contribution >= 4 is 11.7 Å². The number of rotatable bonds is 6. The number of nitrogens with zero attached hydrogens (tertiary/aromatic N) is 1. The predicted octanol–water partition coefficient (Wildman–Crippen LogP) is 4.17. The van der Waals surface area contributed by atoms with E-state index in [1.54, 1.807) is 0 Å². The van der Waals surface area contributed by atoms with E-state index >= 15 is 0 Å². The number of H-pyrrole nitrogens is 1. The molecule has 0 unspecified atom stereocenters. The Hall–Kier alpha value is -2.14. The summed E-state index contributed by atoms with van der Waals surface area (Å²) in [5.74, 6) is 0.706. The molecule has 1 atom stereocenters. The molecule has 128 valence electrons. The Morgan fingerprint density at radius 2 is 1.96 bits per heavy atom. The van der Waals surface area contributed by atoms with Crippen molar-refractivity contribution < 1.29 is 9.53 Å². The van der Waals surface area contributed by atoms with E-state index in [4.69, 9.17) is 4.74 Å². The number of nitrogens with one attached hydrogen (secondary N) is 2. The molecule has 24 heavy (non-hydrogen) atoms. The fourth-order valence-electron chi connectivity index (χ4n) is 3.02. The number of carbonyl (C=O) groups excluding carboxylic acids is 1. The number of aromatic amines is 1. The molecule has 1 fully saturated rings. The van der Waals surface area contributed by atoms with E-state index in [9.17, 15) is 4.79 Å². The minimum atomic E-state index is -0.603. The van der Waals surface area contributed by atoms with Crippen molar-refractivity contribution in [1.29, 1.82) is 0 Å². The zero-order chi connectivity index (χ0) is 16.9. The van der Waals surface area contributed by atoms with Crippen LogP contribution in [0, 0.1) is 0 Å². The van der Waals surface area contributed by atoms with Crippen LogP contribution in [0.1, 0.15) is 62.8 Å². The van der Waals surface area contributed by atoms with Crippen molar-refractivity contribution in [2.24, 2.45) is 0 Å². The van der Waals surface area contributed by atoms with Crippen LogP contribution in [0.15, 0.2) is 36.4 Å². The lowest BCUT2D eigenvalue weighted by molar-refractivity contribution is -0.131. The molecule has 0 spiro atoms. The summed E-state index contributed by atoms with van der Waals surface area (Å²) in [5, 5.41) is 10.0. The third-order valence-corrected chi connectivity index (χ3v) is 4.44. The fourth-order valence-corrected chi connectivity index (χ4v) is 3.02.